The molecule has 0 amide bonds. The molecule has 0 fully saturated rings. The lowest BCUT2D eigenvalue weighted by Gasteiger charge is -2.13. The second-order valence-corrected chi connectivity index (χ2v) is 14.6. The number of rotatable bonds is 4. The van der Waals surface area contributed by atoms with E-state index in [1.165, 1.54) is 59.7 Å². The molecule has 0 spiro atoms. The van der Waals surface area contributed by atoms with Gasteiger partial charge in [0.25, 0.3) is 0 Å². The smallest absolute Gasteiger partial charge is 0.235 e. The Kier molecular flexibility index (Phi) is 6.60. The largest absolute Gasteiger partial charge is 0.309 e. The Morgan fingerprint density at radius 1 is 0.339 bits per heavy atom. The number of benzene rings is 9. The summed E-state index contributed by atoms with van der Waals surface area (Å²) in [6.45, 7) is 0. The van der Waals surface area contributed by atoms with Gasteiger partial charge in [0.1, 0.15) is 0 Å². The van der Waals surface area contributed by atoms with Crippen molar-refractivity contribution in [1.29, 1.82) is 0 Å². The molecular weight excluding hydrogens is 681 g/mol. The number of aromatic nitrogens is 4. The summed E-state index contributed by atoms with van der Waals surface area (Å²) in [5.74, 6) is 0.648. The minimum Gasteiger partial charge on any atom is -0.309 e. The summed E-state index contributed by atoms with van der Waals surface area (Å²) in [5.41, 5.74) is 10.9. The Labute approximate surface area is 322 Å². The van der Waals surface area contributed by atoms with Gasteiger partial charge in [-0.05, 0) is 63.7 Å². The number of fused-ring (bicyclic) bond motifs is 10. The van der Waals surface area contributed by atoms with Crippen LogP contribution in [0.4, 0.5) is 0 Å². The van der Waals surface area contributed by atoms with Gasteiger partial charge in [-0.1, -0.05) is 158 Å². The average molecular weight is 713 g/mol. The third-order valence-electron chi connectivity index (χ3n) is 11.5. The molecule has 56 heavy (non-hydrogen) atoms. The highest BCUT2D eigenvalue weighted by Crippen LogP contribution is 2.42. The standard InChI is InChI=1S/C52H32N4/c1-2-16-37(17-3-1)55-47-24-11-9-20-41(47)44-31-45-42-30-29-34-14-5-7-19-40(34)51(42)56(49(45)32-48(44)55)52-53-46-23-10-8-21-43(46)50(54-52)36-27-25-35(26-28-36)39-22-12-15-33-13-4-6-18-38(33)39/h1-32H. The first kappa shape index (κ1) is 30.9. The maximum atomic E-state index is 5.52. The molecule has 12 aromatic rings. The maximum Gasteiger partial charge on any atom is 0.235 e. The lowest BCUT2D eigenvalue weighted by molar-refractivity contribution is 1.02. The van der Waals surface area contributed by atoms with Gasteiger partial charge in [-0.3, -0.25) is 4.57 Å². The molecule has 0 radical (unpaired) electrons. The second-order valence-electron chi connectivity index (χ2n) is 14.6. The van der Waals surface area contributed by atoms with E-state index in [0.717, 1.165) is 44.4 Å². The van der Waals surface area contributed by atoms with Gasteiger partial charge >= 0.3 is 0 Å². The van der Waals surface area contributed by atoms with E-state index in [-0.39, 0.29) is 0 Å². The van der Waals surface area contributed by atoms with Gasteiger partial charge in [0.05, 0.1) is 33.3 Å². The molecule has 260 valence electrons. The first-order valence-electron chi connectivity index (χ1n) is 19.1. The third-order valence-corrected chi connectivity index (χ3v) is 11.5. The van der Waals surface area contributed by atoms with Crippen molar-refractivity contribution < 1.29 is 0 Å². The summed E-state index contributed by atoms with van der Waals surface area (Å²) in [6, 6.07) is 69.6. The molecule has 0 aliphatic carbocycles. The summed E-state index contributed by atoms with van der Waals surface area (Å²) in [6.07, 6.45) is 0. The van der Waals surface area contributed by atoms with Crippen LogP contribution in [0.3, 0.4) is 0 Å². The molecule has 3 heterocycles. The van der Waals surface area contributed by atoms with Crippen molar-refractivity contribution in [3.63, 3.8) is 0 Å². The van der Waals surface area contributed by atoms with Crippen molar-refractivity contribution >= 4 is 76.1 Å². The minimum absolute atomic E-state index is 0.648. The van der Waals surface area contributed by atoms with E-state index in [2.05, 4.69) is 203 Å². The minimum atomic E-state index is 0.648. The predicted molar refractivity (Wildman–Crippen MR) is 234 cm³/mol. The van der Waals surface area contributed by atoms with Crippen molar-refractivity contribution in [2.45, 2.75) is 0 Å². The maximum absolute atomic E-state index is 5.52. The molecule has 0 bridgehead atoms. The number of hydrogen-bond donors (Lipinski definition) is 0. The predicted octanol–water partition coefficient (Wildman–Crippen LogP) is 13.5. The van der Waals surface area contributed by atoms with Gasteiger partial charge in [-0.25, -0.2) is 9.97 Å². The molecule has 0 N–H and O–H groups in total. The topological polar surface area (TPSA) is 35.6 Å². The molecule has 3 aromatic heterocycles. The third kappa shape index (κ3) is 4.53. The normalized spacial score (nSPS) is 11.9. The van der Waals surface area contributed by atoms with Crippen molar-refractivity contribution in [2.24, 2.45) is 0 Å². The Bertz CT molecular complexity index is 3510. The van der Waals surface area contributed by atoms with Crippen molar-refractivity contribution in [3.05, 3.63) is 194 Å². The summed E-state index contributed by atoms with van der Waals surface area (Å²) >= 11 is 0. The molecule has 9 aromatic carbocycles. The Morgan fingerprint density at radius 3 is 1.80 bits per heavy atom. The van der Waals surface area contributed by atoms with Crippen LogP contribution in [-0.4, -0.2) is 19.1 Å². The van der Waals surface area contributed by atoms with Crippen LogP contribution in [0.15, 0.2) is 194 Å². The van der Waals surface area contributed by atoms with Gasteiger partial charge in [-0.15, -0.1) is 0 Å². The van der Waals surface area contributed by atoms with E-state index >= 15 is 0 Å². The molecule has 0 aliphatic heterocycles. The van der Waals surface area contributed by atoms with Crippen LogP contribution in [-0.2, 0) is 0 Å². The van der Waals surface area contributed by atoms with Gasteiger partial charge < -0.3 is 4.57 Å². The van der Waals surface area contributed by atoms with E-state index in [9.17, 15) is 0 Å². The van der Waals surface area contributed by atoms with Crippen LogP contribution in [0, 0.1) is 0 Å². The van der Waals surface area contributed by atoms with E-state index in [1.54, 1.807) is 0 Å². The highest BCUT2D eigenvalue weighted by molar-refractivity contribution is 6.23. The van der Waals surface area contributed by atoms with E-state index in [1.807, 2.05) is 0 Å². The Morgan fingerprint density at radius 2 is 0.964 bits per heavy atom. The lowest BCUT2D eigenvalue weighted by atomic mass is 9.96. The van der Waals surface area contributed by atoms with Gasteiger partial charge in [-0.2, -0.15) is 0 Å². The van der Waals surface area contributed by atoms with Crippen LogP contribution in [0.5, 0.6) is 0 Å². The van der Waals surface area contributed by atoms with E-state index in [0.29, 0.717) is 5.95 Å². The monoisotopic (exact) mass is 712 g/mol. The van der Waals surface area contributed by atoms with Gasteiger partial charge in [0.2, 0.25) is 5.95 Å². The summed E-state index contributed by atoms with van der Waals surface area (Å²) in [4.78, 5) is 10.9. The van der Waals surface area contributed by atoms with E-state index in [4.69, 9.17) is 9.97 Å². The van der Waals surface area contributed by atoms with Gasteiger partial charge in [0.15, 0.2) is 0 Å². The Hall–Kier alpha value is -7.56. The molecule has 0 atom stereocenters. The fourth-order valence-electron chi connectivity index (χ4n) is 8.97. The Balaban J connectivity index is 1.15. The number of nitrogens with zero attached hydrogens (tertiary/aromatic N) is 4. The number of para-hydroxylation sites is 3. The van der Waals surface area contributed by atoms with E-state index < -0.39 is 0 Å². The highest BCUT2D eigenvalue weighted by atomic mass is 15.2. The molecule has 4 nitrogen and oxygen atoms in total. The summed E-state index contributed by atoms with van der Waals surface area (Å²) in [7, 11) is 0. The molecule has 12 rings (SSSR count). The average Bonchev–Trinajstić information content (AvgIpc) is 3.77. The van der Waals surface area contributed by atoms with Crippen molar-refractivity contribution in [3.8, 4) is 34.0 Å². The van der Waals surface area contributed by atoms with Crippen LogP contribution in [0.1, 0.15) is 0 Å². The second kappa shape index (κ2) is 12.0. The van der Waals surface area contributed by atoms with Crippen LogP contribution in [0.25, 0.3) is 110 Å². The summed E-state index contributed by atoms with van der Waals surface area (Å²) < 4.78 is 4.69. The molecule has 0 saturated heterocycles. The first-order valence-corrected chi connectivity index (χ1v) is 19.1. The lowest BCUT2D eigenvalue weighted by Crippen LogP contribution is -2.04. The first-order chi connectivity index (χ1) is 27.8. The van der Waals surface area contributed by atoms with Crippen LogP contribution >= 0.6 is 0 Å². The zero-order valence-electron chi connectivity index (χ0n) is 30.3. The molecule has 0 saturated carbocycles. The zero-order valence-corrected chi connectivity index (χ0v) is 30.3. The molecule has 0 unspecified atom stereocenters. The van der Waals surface area contributed by atoms with Crippen LogP contribution < -0.4 is 0 Å². The quantitative estimate of drug-likeness (QED) is 0.182. The van der Waals surface area contributed by atoms with Crippen molar-refractivity contribution in [2.75, 3.05) is 0 Å². The SMILES string of the molecule is c1ccc(-n2c3ccccc3c3cc4c5ccc6ccccc6c5n(-c5nc(-c6ccc(-c7cccc8ccccc78)cc6)c6ccccc6n5)c4cc32)cc1. The zero-order chi connectivity index (χ0) is 36.7. The molecular formula is C52H32N4. The fraction of sp³-hybridized carbons (Fsp3) is 0. The molecule has 4 heteroatoms. The van der Waals surface area contributed by atoms with Crippen molar-refractivity contribution in [1.82, 2.24) is 19.1 Å². The molecule has 0 aliphatic rings. The number of hydrogen-bond acceptors (Lipinski definition) is 2. The fourth-order valence-corrected chi connectivity index (χ4v) is 8.97. The highest BCUT2D eigenvalue weighted by Gasteiger charge is 2.22. The van der Waals surface area contributed by atoms with Crippen LogP contribution in [0.2, 0.25) is 0 Å². The summed E-state index contributed by atoms with van der Waals surface area (Å²) in [5, 5.41) is 10.6. The van der Waals surface area contributed by atoms with Gasteiger partial charge in [0, 0.05) is 43.6 Å².